The van der Waals surface area contributed by atoms with Crippen molar-refractivity contribution in [1.29, 1.82) is 0 Å². The second-order valence-electron chi connectivity index (χ2n) is 6.44. The fourth-order valence-electron chi connectivity index (χ4n) is 3.29. The topological polar surface area (TPSA) is 78.1 Å². The number of H-pyrrole nitrogens is 1. The molecule has 0 radical (unpaired) electrons. The first kappa shape index (κ1) is 17.4. The van der Waals surface area contributed by atoms with E-state index in [1.54, 1.807) is 6.92 Å². The number of hydrogen-bond donors (Lipinski definition) is 2. The van der Waals surface area contributed by atoms with Crippen molar-refractivity contribution in [2.24, 2.45) is 0 Å². The quantitative estimate of drug-likeness (QED) is 0.873. The summed E-state index contributed by atoms with van der Waals surface area (Å²) in [4.78, 5) is 33.3. The van der Waals surface area contributed by atoms with Gasteiger partial charge in [0.25, 0.3) is 11.5 Å². The van der Waals surface area contributed by atoms with Crippen LogP contribution in [0.4, 0.5) is 0 Å². The first-order valence-electron chi connectivity index (χ1n) is 8.78. The van der Waals surface area contributed by atoms with Gasteiger partial charge >= 0.3 is 0 Å². The highest BCUT2D eigenvalue weighted by Crippen LogP contribution is 2.24. The summed E-state index contributed by atoms with van der Waals surface area (Å²) in [7, 11) is 0. The zero-order chi connectivity index (χ0) is 17.6. The standard InChI is InChI=1S/C19H24N4O2/c1-14-20-12-16(19(25)22-14)18(24)21-13-17(15-8-4-2-5-9-15)23-10-6-3-7-11-23/h2,4-5,8-9,12,17H,3,6-7,10-11,13H2,1H3,(H,21,24)(H,20,22,25)/t17-/m1/s1. The van der Waals surface area contributed by atoms with Crippen LogP contribution < -0.4 is 10.9 Å². The van der Waals surface area contributed by atoms with Gasteiger partial charge in [-0.1, -0.05) is 36.8 Å². The first-order chi connectivity index (χ1) is 12.1. The molecule has 0 spiro atoms. The second kappa shape index (κ2) is 8.07. The van der Waals surface area contributed by atoms with Crippen molar-refractivity contribution in [3.63, 3.8) is 0 Å². The number of likely N-dealkylation sites (tertiary alicyclic amines) is 1. The first-order valence-corrected chi connectivity index (χ1v) is 8.78. The Morgan fingerprint density at radius 1 is 1.24 bits per heavy atom. The van der Waals surface area contributed by atoms with E-state index in [-0.39, 0.29) is 17.5 Å². The van der Waals surface area contributed by atoms with Gasteiger partial charge in [-0.25, -0.2) is 4.98 Å². The molecule has 1 aliphatic heterocycles. The van der Waals surface area contributed by atoms with Crippen LogP contribution in [0.1, 0.15) is 47.1 Å². The molecule has 2 heterocycles. The molecule has 0 unspecified atom stereocenters. The molecular weight excluding hydrogens is 316 g/mol. The van der Waals surface area contributed by atoms with Gasteiger partial charge in [-0.15, -0.1) is 0 Å². The van der Waals surface area contributed by atoms with Crippen LogP contribution >= 0.6 is 0 Å². The van der Waals surface area contributed by atoms with Gasteiger partial charge in [0.05, 0.1) is 6.04 Å². The summed E-state index contributed by atoms with van der Waals surface area (Å²) in [6, 6.07) is 10.3. The molecule has 1 atom stereocenters. The van der Waals surface area contributed by atoms with Crippen LogP contribution in [-0.4, -0.2) is 40.4 Å². The summed E-state index contributed by atoms with van der Waals surface area (Å²) in [6.45, 7) is 4.21. The number of amides is 1. The van der Waals surface area contributed by atoms with Crippen LogP contribution in [-0.2, 0) is 0 Å². The number of benzene rings is 1. The van der Waals surface area contributed by atoms with E-state index in [1.165, 1.54) is 31.0 Å². The number of piperidine rings is 1. The highest BCUT2D eigenvalue weighted by atomic mass is 16.2. The smallest absolute Gasteiger partial charge is 0.263 e. The van der Waals surface area contributed by atoms with Gasteiger partial charge in [0.1, 0.15) is 11.4 Å². The maximum atomic E-state index is 12.4. The van der Waals surface area contributed by atoms with Crippen LogP contribution in [0.25, 0.3) is 0 Å². The lowest BCUT2D eigenvalue weighted by molar-refractivity contribution is 0.0922. The summed E-state index contributed by atoms with van der Waals surface area (Å²) < 4.78 is 0. The predicted molar refractivity (Wildman–Crippen MR) is 96.5 cm³/mol. The molecule has 1 fully saturated rings. The number of carbonyl (C=O) groups is 1. The highest BCUT2D eigenvalue weighted by molar-refractivity contribution is 5.93. The molecule has 6 heteroatoms. The highest BCUT2D eigenvalue weighted by Gasteiger charge is 2.23. The zero-order valence-electron chi connectivity index (χ0n) is 14.5. The van der Waals surface area contributed by atoms with Gasteiger partial charge in [0.15, 0.2) is 0 Å². The van der Waals surface area contributed by atoms with Crippen molar-refractivity contribution in [3.05, 3.63) is 63.8 Å². The number of rotatable bonds is 5. The second-order valence-corrected chi connectivity index (χ2v) is 6.44. The Bertz CT molecular complexity index is 766. The Morgan fingerprint density at radius 2 is 1.96 bits per heavy atom. The minimum atomic E-state index is -0.403. The van der Waals surface area contributed by atoms with Crippen LogP contribution in [0.2, 0.25) is 0 Å². The number of aromatic amines is 1. The number of nitrogens with zero attached hydrogens (tertiary/aromatic N) is 2. The van der Waals surface area contributed by atoms with E-state index in [0.717, 1.165) is 13.1 Å². The van der Waals surface area contributed by atoms with Crippen molar-refractivity contribution < 1.29 is 4.79 Å². The Hall–Kier alpha value is -2.47. The third-order valence-electron chi connectivity index (χ3n) is 4.64. The molecule has 6 nitrogen and oxygen atoms in total. The average molecular weight is 340 g/mol. The fourth-order valence-corrected chi connectivity index (χ4v) is 3.29. The largest absolute Gasteiger partial charge is 0.350 e. The number of hydrogen-bond acceptors (Lipinski definition) is 4. The molecule has 3 rings (SSSR count). The van der Waals surface area contributed by atoms with Crippen LogP contribution in [0.3, 0.4) is 0 Å². The SMILES string of the molecule is Cc1ncc(C(=O)NC[C@H](c2ccccc2)N2CCCCC2)c(=O)[nH]1. The molecule has 1 amide bonds. The number of aryl methyl sites for hydroxylation is 1. The van der Waals surface area contributed by atoms with E-state index in [2.05, 4.69) is 32.3 Å². The number of carbonyl (C=O) groups excluding carboxylic acids is 1. The zero-order valence-corrected chi connectivity index (χ0v) is 14.5. The van der Waals surface area contributed by atoms with Gasteiger partial charge in [-0.3, -0.25) is 14.5 Å². The summed E-state index contributed by atoms with van der Waals surface area (Å²) in [5.74, 6) is 0.115. The predicted octanol–water partition coefficient (Wildman–Crippen LogP) is 2.04. The van der Waals surface area contributed by atoms with Gasteiger partial charge in [-0.2, -0.15) is 0 Å². The van der Waals surface area contributed by atoms with E-state index in [1.807, 2.05) is 18.2 Å². The van der Waals surface area contributed by atoms with E-state index in [9.17, 15) is 9.59 Å². The summed E-state index contributed by atoms with van der Waals surface area (Å²) in [5.41, 5.74) is 0.830. The van der Waals surface area contributed by atoms with Crippen molar-refractivity contribution in [3.8, 4) is 0 Å². The maximum Gasteiger partial charge on any atom is 0.263 e. The third-order valence-corrected chi connectivity index (χ3v) is 4.64. The molecule has 1 aromatic carbocycles. The summed E-state index contributed by atoms with van der Waals surface area (Å²) in [6.07, 6.45) is 4.95. The molecule has 2 N–H and O–H groups in total. The van der Waals surface area contributed by atoms with Crippen LogP contribution in [0.5, 0.6) is 0 Å². The Kier molecular flexibility index (Phi) is 5.60. The van der Waals surface area contributed by atoms with Crippen LogP contribution in [0.15, 0.2) is 41.3 Å². The minimum absolute atomic E-state index is 0.0519. The van der Waals surface area contributed by atoms with Crippen molar-refractivity contribution in [2.75, 3.05) is 19.6 Å². The van der Waals surface area contributed by atoms with Gasteiger partial charge in [-0.05, 0) is 38.4 Å². The molecular formula is C19H24N4O2. The fraction of sp³-hybridized carbons (Fsp3) is 0.421. The molecule has 1 aliphatic rings. The molecule has 1 aromatic heterocycles. The number of aromatic nitrogens is 2. The van der Waals surface area contributed by atoms with E-state index < -0.39 is 5.56 Å². The lowest BCUT2D eigenvalue weighted by Gasteiger charge is -2.35. The molecule has 132 valence electrons. The molecule has 0 aliphatic carbocycles. The Morgan fingerprint density at radius 3 is 2.64 bits per heavy atom. The van der Waals surface area contributed by atoms with E-state index >= 15 is 0 Å². The van der Waals surface area contributed by atoms with E-state index in [0.29, 0.717) is 12.4 Å². The molecule has 25 heavy (non-hydrogen) atoms. The molecule has 1 saturated heterocycles. The van der Waals surface area contributed by atoms with Gasteiger partial charge in [0, 0.05) is 12.7 Å². The van der Waals surface area contributed by atoms with Crippen molar-refractivity contribution >= 4 is 5.91 Å². The van der Waals surface area contributed by atoms with Crippen molar-refractivity contribution in [1.82, 2.24) is 20.2 Å². The van der Waals surface area contributed by atoms with E-state index in [4.69, 9.17) is 0 Å². The maximum absolute atomic E-state index is 12.4. The Labute approximate surface area is 147 Å². The monoisotopic (exact) mass is 340 g/mol. The summed E-state index contributed by atoms with van der Waals surface area (Å²) >= 11 is 0. The lowest BCUT2D eigenvalue weighted by Crippen LogP contribution is -2.41. The van der Waals surface area contributed by atoms with Gasteiger partial charge in [0.2, 0.25) is 0 Å². The van der Waals surface area contributed by atoms with Crippen LogP contribution in [0, 0.1) is 6.92 Å². The molecule has 0 saturated carbocycles. The molecule has 2 aromatic rings. The normalized spacial score (nSPS) is 16.4. The van der Waals surface area contributed by atoms with Crippen molar-refractivity contribution in [2.45, 2.75) is 32.2 Å². The summed E-state index contributed by atoms with van der Waals surface area (Å²) in [5, 5.41) is 2.91. The minimum Gasteiger partial charge on any atom is -0.350 e. The third kappa shape index (κ3) is 4.33. The number of nitrogens with one attached hydrogen (secondary N) is 2. The van der Waals surface area contributed by atoms with Gasteiger partial charge < -0.3 is 10.3 Å². The Balaban J connectivity index is 1.74. The molecule has 0 bridgehead atoms. The lowest BCUT2D eigenvalue weighted by atomic mass is 10.0. The average Bonchev–Trinajstić information content (AvgIpc) is 2.63.